The van der Waals surface area contributed by atoms with Crippen LogP contribution in [0.1, 0.15) is 24.9 Å². The zero-order valence-electron chi connectivity index (χ0n) is 11.7. The molecule has 2 heterocycles. The Morgan fingerprint density at radius 1 is 1.25 bits per heavy atom. The lowest BCUT2D eigenvalue weighted by atomic mass is 9.74. The van der Waals surface area contributed by atoms with Gasteiger partial charge in [-0.1, -0.05) is 37.3 Å². The molecule has 106 valence electrons. The second kappa shape index (κ2) is 4.59. The number of hydrogen-bond donors (Lipinski definition) is 2. The lowest BCUT2D eigenvalue weighted by Crippen LogP contribution is -2.60. The number of nitrogens with zero attached hydrogens (tertiary/aromatic N) is 1. The van der Waals surface area contributed by atoms with E-state index in [2.05, 4.69) is 34.7 Å². The third-order valence-corrected chi connectivity index (χ3v) is 4.60. The minimum Gasteiger partial charge on any atom is -0.323 e. The van der Waals surface area contributed by atoms with Crippen LogP contribution in [0.2, 0.25) is 0 Å². The summed E-state index contributed by atoms with van der Waals surface area (Å²) in [6.07, 6.45) is 0.603. The van der Waals surface area contributed by atoms with E-state index in [-0.39, 0.29) is 23.9 Å². The monoisotopic (exact) mass is 273 g/mol. The zero-order valence-corrected chi connectivity index (χ0v) is 11.7. The molecule has 2 fully saturated rings. The van der Waals surface area contributed by atoms with Gasteiger partial charge in [0.1, 0.15) is 5.54 Å². The van der Waals surface area contributed by atoms with Crippen molar-refractivity contribution in [2.75, 3.05) is 13.6 Å². The third kappa shape index (κ3) is 1.89. The molecule has 1 aromatic carbocycles. The van der Waals surface area contributed by atoms with Crippen LogP contribution >= 0.6 is 0 Å². The third-order valence-electron chi connectivity index (χ3n) is 4.60. The smallest absolute Gasteiger partial charge is 0.322 e. The van der Waals surface area contributed by atoms with Gasteiger partial charge in [0.05, 0.1) is 0 Å². The molecule has 1 aromatic rings. The van der Waals surface area contributed by atoms with Crippen molar-refractivity contribution in [1.29, 1.82) is 0 Å². The van der Waals surface area contributed by atoms with E-state index in [4.69, 9.17) is 0 Å². The number of amides is 3. The minimum absolute atomic E-state index is 0.0823. The number of likely N-dealkylation sites (tertiary alicyclic amines) is 1. The van der Waals surface area contributed by atoms with Crippen molar-refractivity contribution in [1.82, 2.24) is 15.5 Å². The lowest BCUT2D eigenvalue weighted by Gasteiger charge is -2.46. The number of imide groups is 1. The number of carbonyl (C=O) groups excluding carboxylic acids is 2. The Balaban J connectivity index is 1.95. The van der Waals surface area contributed by atoms with Crippen molar-refractivity contribution < 1.29 is 9.59 Å². The van der Waals surface area contributed by atoms with E-state index in [1.54, 1.807) is 0 Å². The summed E-state index contributed by atoms with van der Waals surface area (Å²) in [7, 11) is 2.07. The number of nitrogens with one attached hydrogen (secondary N) is 2. The molecule has 3 rings (SSSR count). The number of urea groups is 1. The molecule has 2 aliphatic rings. The Morgan fingerprint density at radius 3 is 2.55 bits per heavy atom. The fraction of sp³-hybridized carbons (Fsp3) is 0.467. The predicted molar refractivity (Wildman–Crippen MR) is 75.0 cm³/mol. The van der Waals surface area contributed by atoms with Crippen LogP contribution in [0.4, 0.5) is 4.79 Å². The summed E-state index contributed by atoms with van der Waals surface area (Å²) in [6, 6.07) is 9.88. The van der Waals surface area contributed by atoms with Crippen molar-refractivity contribution >= 4 is 11.9 Å². The Hall–Kier alpha value is -1.88. The topological polar surface area (TPSA) is 61.4 Å². The van der Waals surface area contributed by atoms with Crippen molar-refractivity contribution in [2.45, 2.75) is 24.9 Å². The second-order valence-corrected chi connectivity index (χ2v) is 5.85. The van der Waals surface area contributed by atoms with Crippen molar-refractivity contribution in [2.24, 2.45) is 5.92 Å². The highest BCUT2D eigenvalue weighted by Crippen LogP contribution is 2.40. The van der Waals surface area contributed by atoms with Crippen molar-refractivity contribution in [3.05, 3.63) is 35.9 Å². The van der Waals surface area contributed by atoms with Gasteiger partial charge in [0.2, 0.25) is 0 Å². The van der Waals surface area contributed by atoms with Crippen molar-refractivity contribution in [3.8, 4) is 0 Å². The van der Waals surface area contributed by atoms with Gasteiger partial charge >= 0.3 is 6.03 Å². The largest absolute Gasteiger partial charge is 0.323 e. The van der Waals surface area contributed by atoms with Crippen LogP contribution in [0.25, 0.3) is 0 Å². The van der Waals surface area contributed by atoms with Gasteiger partial charge in [0.15, 0.2) is 0 Å². The van der Waals surface area contributed by atoms with Gasteiger partial charge in [-0.15, -0.1) is 0 Å². The average molecular weight is 273 g/mol. The highest BCUT2D eigenvalue weighted by molar-refractivity contribution is 6.07. The van der Waals surface area contributed by atoms with E-state index in [9.17, 15) is 9.59 Å². The predicted octanol–water partition coefficient (Wildman–Crippen LogP) is 1.28. The maximum atomic E-state index is 12.2. The molecule has 0 bridgehead atoms. The first kappa shape index (κ1) is 13.1. The fourth-order valence-electron chi connectivity index (χ4n) is 3.42. The number of benzene rings is 1. The molecule has 3 amide bonds. The molecule has 0 radical (unpaired) electrons. The fourth-order valence-corrected chi connectivity index (χ4v) is 3.42. The van der Waals surface area contributed by atoms with Crippen LogP contribution in [0.15, 0.2) is 30.3 Å². The SMILES string of the molecule is C[C@@H]1CN(C)[C@@H](c2ccccc2)C[C@]12NC(=O)NC2=O. The first-order valence-electron chi connectivity index (χ1n) is 6.92. The van der Waals surface area contributed by atoms with Gasteiger partial charge in [0, 0.05) is 18.5 Å². The molecular formula is C15H19N3O2. The normalized spacial score (nSPS) is 34.1. The van der Waals surface area contributed by atoms with E-state index in [0.29, 0.717) is 6.42 Å². The Kier molecular flexibility index (Phi) is 3.01. The lowest BCUT2D eigenvalue weighted by molar-refractivity contribution is -0.128. The number of hydrogen-bond acceptors (Lipinski definition) is 3. The van der Waals surface area contributed by atoms with Gasteiger partial charge < -0.3 is 5.32 Å². The summed E-state index contributed by atoms with van der Waals surface area (Å²) >= 11 is 0. The molecule has 0 aromatic heterocycles. The Morgan fingerprint density at radius 2 is 1.95 bits per heavy atom. The molecule has 0 unspecified atom stereocenters. The average Bonchev–Trinajstić information content (AvgIpc) is 2.71. The highest BCUT2D eigenvalue weighted by Gasteiger charge is 2.54. The Labute approximate surface area is 118 Å². The number of piperidine rings is 1. The van der Waals surface area contributed by atoms with E-state index in [1.807, 2.05) is 25.1 Å². The van der Waals surface area contributed by atoms with Crippen LogP contribution in [0.3, 0.4) is 0 Å². The van der Waals surface area contributed by atoms with Crippen LogP contribution in [0, 0.1) is 5.92 Å². The maximum absolute atomic E-state index is 12.2. The summed E-state index contributed by atoms with van der Waals surface area (Å²) in [5.74, 6) is -0.108. The van der Waals surface area contributed by atoms with E-state index in [0.717, 1.165) is 6.54 Å². The Bertz CT molecular complexity index is 545. The highest BCUT2D eigenvalue weighted by atomic mass is 16.2. The van der Waals surface area contributed by atoms with Gasteiger partial charge in [-0.2, -0.15) is 0 Å². The molecule has 20 heavy (non-hydrogen) atoms. The molecule has 0 aliphatic carbocycles. The molecule has 2 saturated heterocycles. The minimum atomic E-state index is -0.774. The summed E-state index contributed by atoms with van der Waals surface area (Å²) in [5.41, 5.74) is 0.402. The number of rotatable bonds is 1. The maximum Gasteiger partial charge on any atom is 0.322 e. The molecule has 5 heteroatoms. The second-order valence-electron chi connectivity index (χ2n) is 5.85. The van der Waals surface area contributed by atoms with Crippen LogP contribution in [-0.2, 0) is 4.79 Å². The molecule has 5 nitrogen and oxygen atoms in total. The first-order valence-corrected chi connectivity index (χ1v) is 6.92. The molecule has 2 aliphatic heterocycles. The summed E-state index contributed by atoms with van der Waals surface area (Å²) in [5, 5.41) is 5.25. The summed E-state index contributed by atoms with van der Waals surface area (Å²) in [6.45, 7) is 2.79. The van der Waals surface area contributed by atoms with E-state index >= 15 is 0 Å². The van der Waals surface area contributed by atoms with E-state index in [1.165, 1.54) is 5.56 Å². The number of carbonyl (C=O) groups is 2. The molecule has 3 atom stereocenters. The quantitative estimate of drug-likeness (QED) is 0.758. The van der Waals surface area contributed by atoms with Crippen LogP contribution in [0.5, 0.6) is 0 Å². The standard InChI is InChI=1S/C15H19N3O2/c1-10-9-18(2)12(11-6-4-3-5-7-11)8-15(10)13(19)16-14(20)17-15/h3-7,10,12H,8-9H2,1-2H3,(H2,16,17,19,20)/t10-,12-,15+/m1/s1. The molecular weight excluding hydrogens is 254 g/mol. The molecule has 0 saturated carbocycles. The van der Waals surface area contributed by atoms with Gasteiger partial charge in [-0.25, -0.2) is 4.79 Å². The van der Waals surface area contributed by atoms with Gasteiger partial charge in [-0.05, 0) is 19.0 Å². The zero-order chi connectivity index (χ0) is 14.3. The van der Waals surface area contributed by atoms with Gasteiger partial charge in [0.25, 0.3) is 5.91 Å². The van der Waals surface area contributed by atoms with E-state index < -0.39 is 5.54 Å². The summed E-state index contributed by atoms with van der Waals surface area (Å²) in [4.78, 5) is 26.0. The van der Waals surface area contributed by atoms with Crippen LogP contribution < -0.4 is 10.6 Å². The first-order chi connectivity index (χ1) is 9.53. The van der Waals surface area contributed by atoms with Crippen LogP contribution in [-0.4, -0.2) is 36.0 Å². The van der Waals surface area contributed by atoms with Crippen molar-refractivity contribution in [3.63, 3.8) is 0 Å². The summed E-state index contributed by atoms with van der Waals surface area (Å²) < 4.78 is 0. The molecule has 1 spiro atoms. The molecule has 2 N–H and O–H groups in total. The van der Waals surface area contributed by atoms with Gasteiger partial charge in [-0.3, -0.25) is 15.0 Å².